The number of hydrogen-bond donors (Lipinski definition) is 1. The normalized spacial score (nSPS) is 25.6. The molecule has 2 aliphatic rings. The minimum atomic E-state index is -2.77. The molecular weight excluding hydrogens is 401 g/mol. The molecule has 2 fully saturated rings. The minimum Gasteiger partial charge on any atom is -0.442 e. The number of amides is 1. The van der Waals surface area contributed by atoms with Crippen LogP contribution in [0.25, 0.3) is 0 Å². The van der Waals surface area contributed by atoms with Crippen molar-refractivity contribution >= 4 is 39.8 Å². The number of benzene rings is 1. The first-order chi connectivity index (χ1) is 12.8. The van der Waals surface area contributed by atoms with Crippen LogP contribution in [0.4, 0.5) is 23.7 Å². The lowest BCUT2D eigenvalue weighted by atomic mass is 9.93. The minimum absolute atomic E-state index is 0.0228. The third-order valence-corrected chi connectivity index (χ3v) is 6.40. The standard InChI is InChI=1S/C17H19F3N2O3S2/c18-14-7-11(1-2-13(14)10-3-5-27(24)6-4-10)22-9-12(25-17(22)23)8-21-16(26)15(19)20/h1-2,7,10,12,15H,3-6,8-9H2,(H,21,26)/t10?,12-,27?/m0/s1. The molecule has 5 nitrogen and oxygen atoms in total. The Bertz CT molecular complexity index is 753. The third-order valence-electron chi connectivity index (χ3n) is 4.70. The van der Waals surface area contributed by atoms with Gasteiger partial charge < -0.3 is 10.1 Å². The molecule has 1 N–H and O–H groups in total. The third kappa shape index (κ3) is 4.78. The van der Waals surface area contributed by atoms with E-state index in [0.717, 1.165) is 0 Å². The molecule has 2 saturated heterocycles. The Kier molecular flexibility index (Phi) is 6.36. The number of nitrogens with zero attached hydrogens (tertiary/aromatic N) is 1. The molecule has 0 aliphatic carbocycles. The van der Waals surface area contributed by atoms with Crippen LogP contribution in [-0.4, -0.2) is 52.4 Å². The highest BCUT2D eigenvalue weighted by Gasteiger charge is 2.33. The zero-order valence-corrected chi connectivity index (χ0v) is 16.0. The van der Waals surface area contributed by atoms with Gasteiger partial charge in [-0.05, 0) is 36.5 Å². The monoisotopic (exact) mass is 420 g/mol. The zero-order valence-electron chi connectivity index (χ0n) is 14.3. The molecule has 0 spiro atoms. The molecule has 148 valence electrons. The van der Waals surface area contributed by atoms with Crippen LogP contribution < -0.4 is 10.2 Å². The molecule has 2 aliphatic heterocycles. The van der Waals surface area contributed by atoms with Crippen molar-refractivity contribution in [3.8, 4) is 0 Å². The highest BCUT2D eigenvalue weighted by molar-refractivity contribution is 7.85. The Morgan fingerprint density at radius 1 is 1.37 bits per heavy atom. The Balaban J connectivity index is 1.64. The Labute approximate surface area is 162 Å². The number of carbonyl (C=O) groups is 1. The fourth-order valence-electron chi connectivity index (χ4n) is 3.25. The lowest BCUT2D eigenvalue weighted by Gasteiger charge is -2.23. The van der Waals surface area contributed by atoms with Crippen molar-refractivity contribution in [3.63, 3.8) is 0 Å². The molecule has 1 aromatic rings. The maximum Gasteiger partial charge on any atom is 0.414 e. The summed E-state index contributed by atoms with van der Waals surface area (Å²) in [6.45, 7) is 0.0735. The number of nitrogens with one attached hydrogen (secondary N) is 1. The molecule has 1 amide bonds. The summed E-state index contributed by atoms with van der Waals surface area (Å²) in [5.41, 5.74) is 0.906. The van der Waals surface area contributed by atoms with Gasteiger partial charge in [-0.3, -0.25) is 9.11 Å². The van der Waals surface area contributed by atoms with Gasteiger partial charge in [0.1, 0.15) is 16.9 Å². The van der Waals surface area contributed by atoms with Crippen molar-refractivity contribution in [1.82, 2.24) is 5.32 Å². The summed E-state index contributed by atoms with van der Waals surface area (Å²) < 4.78 is 56.0. The zero-order chi connectivity index (χ0) is 19.6. The van der Waals surface area contributed by atoms with Crippen molar-refractivity contribution in [2.75, 3.05) is 29.5 Å². The summed E-state index contributed by atoms with van der Waals surface area (Å²) >= 11 is 4.48. The molecule has 1 atom stereocenters. The van der Waals surface area contributed by atoms with E-state index in [9.17, 15) is 22.2 Å². The lowest BCUT2D eigenvalue weighted by Crippen LogP contribution is -2.36. The summed E-state index contributed by atoms with van der Waals surface area (Å²) in [5.74, 6) is 0.742. The second-order valence-corrected chi connectivity index (χ2v) is 8.63. The van der Waals surface area contributed by atoms with Crippen LogP contribution >= 0.6 is 12.2 Å². The van der Waals surface area contributed by atoms with Crippen LogP contribution in [0.3, 0.4) is 0 Å². The van der Waals surface area contributed by atoms with Crippen molar-refractivity contribution in [3.05, 3.63) is 29.6 Å². The van der Waals surface area contributed by atoms with E-state index in [1.54, 1.807) is 12.1 Å². The van der Waals surface area contributed by atoms with Crippen LogP contribution in [0.2, 0.25) is 0 Å². The highest BCUT2D eigenvalue weighted by Crippen LogP contribution is 2.32. The fraction of sp³-hybridized carbons (Fsp3) is 0.529. The SMILES string of the molecule is O=C1O[C@@H](CNC(=S)C(F)F)CN1c1ccc(C2CCS(=O)CC2)c(F)c1. The van der Waals surface area contributed by atoms with Crippen LogP contribution in [-0.2, 0) is 15.5 Å². The quantitative estimate of drug-likeness (QED) is 0.743. The maximum absolute atomic E-state index is 14.6. The molecule has 10 heteroatoms. The molecule has 0 radical (unpaired) electrons. The average molecular weight is 420 g/mol. The van der Waals surface area contributed by atoms with Gasteiger partial charge in [-0.2, -0.15) is 0 Å². The first-order valence-corrected chi connectivity index (χ1v) is 10.4. The largest absolute Gasteiger partial charge is 0.442 e. The molecule has 2 heterocycles. The second-order valence-electron chi connectivity index (χ2n) is 6.49. The van der Waals surface area contributed by atoms with Gasteiger partial charge >= 0.3 is 6.09 Å². The van der Waals surface area contributed by atoms with Crippen molar-refractivity contribution < 1.29 is 26.9 Å². The van der Waals surface area contributed by atoms with Crippen molar-refractivity contribution in [2.45, 2.75) is 31.3 Å². The average Bonchev–Trinajstić information content (AvgIpc) is 3.01. The first kappa shape index (κ1) is 20.1. The second kappa shape index (κ2) is 8.55. The molecule has 3 rings (SSSR count). The van der Waals surface area contributed by atoms with Crippen LogP contribution in [0, 0.1) is 5.82 Å². The van der Waals surface area contributed by atoms with E-state index in [0.29, 0.717) is 35.6 Å². The molecule has 0 aromatic heterocycles. The van der Waals surface area contributed by atoms with E-state index in [-0.39, 0.29) is 19.0 Å². The van der Waals surface area contributed by atoms with Gasteiger partial charge in [0.2, 0.25) is 0 Å². The van der Waals surface area contributed by atoms with E-state index in [2.05, 4.69) is 17.5 Å². The predicted molar refractivity (Wildman–Crippen MR) is 100 cm³/mol. The summed E-state index contributed by atoms with van der Waals surface area (Å²) in [6, 6.07) is 4.57. The summed E-state index contributed by atoms with van der Waals surface area (Å²) in [5, 5.41) is 2.36. The van der Waals surface area contributed by atoms with E-state index < -0.39 is 40.2 Å². The van der Waals surface area contributed by atoms with Gasteiger partial charge in [-0.15, -0.1) is 0 Å². The number of carbonyl (C=O) groups excluding carboxylic acids is 1. The Hall–Kier alpha value is -1.68. The number of halogens is 3. The topological polar surface area (TPSA) is 58.6 Å². The van der Waals surface area contributed by atoms with Gasteiger partial charge in [0.15, 0.2) is 0 Å². The molecule has 0 bridgehead atoms. The van der Waals surface area contributed by atoms with Gasteiger partial charge in [0, 0.05) is 22.3 Å². The number of thiocarbonyl (C=S) groups is 1. The molecule has 27 heavy (non-hydrogen) atoms. The first-order valence-electron chi connectivity index (χ1n) is 8.53. The van der Waals surface area contributed by atoms with E-state index in [1.807, 2.05) is 0 Å². The maximum atomic E-state index is 14.6. The number of rotatable bonds is 5. The Morgan fingerprint density at radius 3 is 2.70 bits per heavy atom. The lowest BCUT2D eigenvalue weighted by molar-refractivity contribution is 0.142. The summed E-state index contributed by atoms with van der Waals surface area (Å²) in [4.78, 5) is 12.7. The van der Waals surface area contributed by atoms with Crippen LogP contribution in [0.5, 0.6) is 0 Å². The number of anilines is 1. The number of ether oxygens (including phenoxy) is 1. The van der Waals surface area contributed by atoms with Gasteiger partial charge in [0.05, 0.1) is 18.8 Å². The summed E-state index contributed by atoms with van der Waals surface area (Å²) in [7, 11) is -0.819. The fourth-order valence-corrected chi connectivity index (χ4v) is 4.63. The number of hydrogen-bond acceptors (Lipinski definition) is 4. The Morgan fingerprint density at radius 2 is 2.07 bits per heavy atom. The van der Waals surface area contributed by atoms with Crippen LogP contribution in [0.15, 0.2) is 18.2 Å². The van der Waals surface area contributed by atoms with E-state index >= 15 is 0 Å². The van der Waals surface area contributed by atoms with Gasteiger partial charge in [-0.1, -0.05) is 18.3 Å². The molecule has 0 saturated carbocycles. The molecular formula is C17H19F3N2O3S2. The number of alkyl halides is 2. The van der Waals surface area contributed by atoms with Gasteiger partial charge in [0.25, 0.3) is 6.43 Å². The summed E-state index contributed by atoms with van der Waals surface area (Å²) in [6.07, 6.45) is -2.75. The van der Waals surface area contributed by atoms with Crippen LogP contribution in [0.1, 0.15) is 24.3 Å². The molecule has 0 unspecified atom stereocenters. The molecule has 1 aromatic carbocycles. The van der Waals surface area contributed by atoms with Crippen molar-refractivity contribution in [2.24, 2.45) is 0 Å². The van der Waals surface area contributed by atoms with E-state index in [4.69, 9.17) is 4.74 Å². The van der Waals surface area contributed by atoms with Gasteiger partial charge in [-0.25, -0.2) is 18.0 Å². The smallest absolute Gasteiger partial charge is 0.414 e. The van der Waals surface area contributed by atoms with E-state index in [1.165, 1.54) is 11.0 Å². The number of cyclic esters (lactones) is 1. The predicted octanol–water partition coefficient (Wildman–Crippen LogP) is 2.96. The highest BCUT2D eigenvalue weighted by atomic mass is 32.2. The van der Waals surface area contributed by atoms with Crippen molar-refractivity contribution in [1.29, 1.82) is 0 Å².